The maximum atomic E-state index is 11.7. The second-order valence-electron chi connectivity index (χ2n) is 3.24. The highest BCUT2D eigenvalue weighted by Crippen LogP contribution is 2.10. The summed E-state index contributed by atoms with van der Waals surface area (Å²) < 4.78 is 0. The number of carbonyl (C=O) groups is 2. The van der Waals surface area contributed by atoms with Gasteiger partial charge in [0.1, 0.15) is 0 Å². The smallest absolute Gasteiger partial charge is 0.331 e. The molecule has 0 aromatic rings. The molecule has 1 rings (SSSR count). The van der Waals surface area contributed by atoms with E-state index in [9.17, 15) is 9.59 Å². The Labute approximate surface area is 82.5 Å². The molecule has 4 nitrogen and oxygen atoms in total. The van der Waals surface area contributed by atoms with Gasteiger partial charge in [-0.3, -0.25) is 4.79 Å². The van der Waals surface area contributed by atoms with E-state index >= 15 is 0 Å². The molecule has 0 bridgehead atoms. The topological polar surface area (TPSA) is 57.6 Å². The van der Waals surface area contributed by atoms with E-state index in [-0.39, 0.29) is 11.5 Å². The fourth-order valence-corrected chi connectivity index (χ4v) is 1.20. The first-order valence-electron chi connectivity index (χ1n) is 4.39. The van der Waals surface area contributed by atoms with Crippen LogP contribution in [0.3, 0.4) is 0 Å². The van der Waals surface area contributed by atoms with Crippen LogP contribution in [0.25, 0.3) is 0 Å². The molecule has 0 aromatic heterocycles. The molecule has 0 saturated carbocycles. The van der Waals surface area contributed by atoms with Crippen molar-refractivity contribution < 1.29 is 14.7 Å². The zero-order valence-electron chi connectivity index (χ0n) is 8.28. The van der Waals surface area contributed by atoms with Crippen molar-refractivity contribution in [3.63, 3.8) is 0 Å². The third kappa shape index (κ3) is 2.02. The summed E-state index contributed by atoms with van der Waals surface area (Å²) in [5.74, 6) is -1.24. The Hall–Kier alpha value is -1.58. The molecule has 0 atom stereocenters. The molecule has 1 aliphatic rings. The number of amides is 1. The van der Waals surface area contributed by atoms with Gasteiger partial charge in [0.05, 0.1) is 0 Å². The van der Waals surface area contributed by atoms with Gasteiger partial charge in [0, 0.05) is 24.2 Å². The van der Waals surface area contributed by atoms with Crippen LogP contribution in [0.2, 0.25) is 0 Å². The third-order valence-corrected chi connectivity index (χ3v) is 2.31. The van der Waals surface area contributed by atoms with Gasteiger partial charge < -0.3 is 10.0 Å². The molecule has 1 heterocycles. The van der Waals surface area contributed by atoms with Crippen LogP contribution in [-0.2, 0) is 9.59 Å². The van der Waals surface area contributed by atoms with Gasteiger partial charge in [0.2, 0.25) is 0 Å². The van der Waals surface area contributed by atoms with Crippen molar-refractivity contribution >= 4 is 11.9 Å². The van der Waals surface area contributed by atoms with Gasteiger partial charge in [-0.15, -0.1) is 0 Å². The van der Waals surface area contributed by atoms with Crippen LogP contribution in [-0.4, -0.2) is 35.0 Å². The minimum absolute atomic E-state index is 0.113. The Balaban J connectivity index is 2.78. The van der Waals surface area contributed by atoms with E-state index in [0.717, 1.165) is 0 Å². The van der Waals surface area contributed by atoms with Crippen LogP contribution in [0.4, 0.5) is 0 Å². The number of carboxylic acid groups (broad SMARTS) is 1. The van der Waals surface area contributed by atoms with E-state index in [2.05, 4.69) is 0 Å². The second kappa shape index (κ2) is 4.09. The Morgan fingerprint density at radius 3 is 2.07 bits per heavy atom. The minimum Gasteiger partial charge on any atom is -0.478 e. The van der Waals surface area contributed by atoms with Gasteiger partial charge >= 0.3 is 5.97 Å². The summed E-state index contributed by atoms with van der Waals surface area (Å²) in [6, 6.07) is 0. The Morgan fingerprint density at radius 1 is 1.14 bits per heavy atom. The van der Waals surface area contributed by atoms with E-state index in [4.69, 9.17) is 5.11 Å². The molecule has 0 unspecified atom stereocenters. The maximum absolute atomic E-state index is 11.7. The fourth-order valence-electron chi connectivity index (χ4n) is 1.20. The molecular formula is C10H13NO3. The zero-order chi connectivity index (χ0) is 10.7. The van der Waals surface area contributed by atoms with Crippen LogP contribution < -0.4 is 0 Å². The van der Waals surface area contributed by atoms with Crippen molar-refractivity contribution in [2.75, 3.05) is 13.1 Å². The molecule has 0 aliphatic carbocycles. The predicted octanol–water partition coefficient (Wildman–Crippen LogP) is 0.806. The summed E-state index contributed by atoms with van der Waals surface area (Å²) >= 11 is 0. The quantitative estimate of drug-likeness (QED) is 0.524. The van der Waals surface area contributed by atoms with Gasteiger partial charge in [-0.05, 0) is 13.8 Å². The lowest BCUT2D eigenvalue weighted by molar-refractivity contribution is -0.133. The first kappa shape index (κ1) is 10.5. The SMILES string of the molecule is C/C(C(=O)O)=C(\C)C(=O)N1CC=CC1. The summed E-state index contributed by atoms with van der Waals surface area (Å²) in [7, 11) is 0. The van der Waals surface area contributed by atoms with Crippen molar-refractivity contribution in [2.24, 2.45) is 0 Å². The lowest BCUT2D eigenvalue weighted by Gasteiger charge is -2.16. The predicted molar refractivity (Wildman–Crippen MR) is 51.7 cm³/mol. The fraction of sp³-hybridized carbons (Fsp3) is 0.400. The van der Waals surface area contributed by atoms with Crippen molar-refractivity contribution in [3.05, 3.63) is 23.3 Å². The van der Waals surface area contributed by atoms with E-state index < -0.39 is 5.97 Å². The summed E-state index contributed by atoms with van der Waals surface area (Å²) in [6.45, 7) is 4.13. The van der Waals surface area contributed by atoms with Crippen LogP contribution in [0.1, 0.15) is 13.8 Å². The summed E-state index contributed by atoms with van der Waals surface area (Å²) in [4.78, 5) is 23.9. The van der Waals surface area contributed by atoms with Gasteiger partial charge in [-0.25, -0.2) is 4.79 Å². The molecular weight excluding hydrogens is 182 g/mol. The van der Waals surface area contributed by atoms with Gasteiger partial charge in [0.25, 0.3) is 5.91 Å². The van der Waals surface area contributed by atoms with Crippen LogP contribution in [0.5, 0.6) is 0 Å². The number of hydrogen-bond donors (Lipinski definition) is 1. The lowest BCUT2D eigenvalue weighted by atomic mass is 10.1. The first-order valence-corrected chi connectivity index (χ1v) is 4.39. The number of aliphatic carboxylic acids is 1. The average molecular weight is 195 g/mol. The van der Waals surface area contributed by atoms with E-state index in [1.165, 1.54) is 6.92 Å². The van der Waals surface area contributed by atoms with Gasteiger partial charge in [-0.1, -0.05) is 12.2 Å². The third-order valence-electron chi connectivity index (χ3n) is 2.31. The molecule has 4 heteroatoms. The normalized spacial score (nSPS) is 16.9. The van der Waals surface area contributed by atoms with Crippen molar-refractivity contribution in [1.29, 1.82) is 0 Å². The highest BCUT2D eigenvalue weighted by Gasteiger charge is 2.19. The monoisotopic (exact) mass is 195 g/mol. The number of carboxylic acids is 1. The van der Waals surface area contributed by atoms with E-state index in [1.807, 2.05) is 12.2 Å². The molecule has 1 amide bonds. The molecule has 0 fully saturated rings. The first-order chi connectivity index (χ1) is 6.54. The number of carbonyl (C=O) groups excluding carboxylic acids is 1. The molecule has 0 spiro atoms. The van der Waals surface area contributed by atoms with Crippen LogP contribution in [0.15, 0.2) is 23.3 Å². The molecule has 0 aromatic carbocycles. The number of hydrogen-bond acceptors (Lipinski definition) is 2. The van der Waals surface area contributed by atoms with Gasteiger partial charge in [-0.2, -0.15) is 0 Å². The molecule has 1 N–H and O–H groups in total. The van der Waals surface area contributed by atoms with Crippen LogP contribution >= 0.6 is 0 Å². The minimum atomic E-state index is -1.04. The highest BCUT2D eigenvalue weighted by molar-refractivity contribution is 6.01. The number of rotatable bonds is 2. The van der Waals surface area contributed by atoms with Gasteiger partial charge in [0.15, 0.2) is 0 Å². The van der Waals surface area contributed by atoms with Crippen LogP contribution in [0, 0.1) is 0 Å². The largest absolute Gasteiger partial charge is 0.478 e. The number of nitrogens with zero attached hydrogens (tertiary/aromatic N) is 1. The van der Waals surface area contributed by atoms with Crippen molar-refractivity contribution in [1.82, 2.24) is 4.90 Å². The highest BCUT2D eigenvalue weighted by atomic mass is 16.4. The summed E-state index contributed by atoms with van der Waals surface area (Å²) in [5.41, 5.74) is 0.420. The standard InChI is InChI=1S/C10H13NO3/c1-7(8(2)10(13)14)9(12)11-5-3-4-6-11/h3-4H,5-6H2,1-2H3,(H,13,14)/b8-7-. The maximum Gasteiger partial charge on any atom is 0.331 e. The Morgan fingerprint density at radius 2 is 1.64 bits per heavy atom. The van der Waals surface area contributed by atoms with E-state index in [0.29, 0.717) is 18.7 Å². The molecule has 0 radical (unpaired) electrons. The molecule has 1 aliphatic heterocycles. The molecule has 76 valence electrons. The van der Waals surface area contributed by atoms with E-state index in [1.54, 1.807) is 11.8 Å². The Kier molecular flexibility index (Phi) is 3.06. The molecule has 0 saturated heterocycles. The average Bonchev–Trinajstić information content (AvgIpc) is 2.67. The second-order valence-corrected chi connectivity index (χ2v) is 3.24. The van der Waals surface area contributed by atoms with Crippen molar-refractivity contribution in [2.45, 2.75) is 13.8 Å². The molecule has 14 heavy (non-hydrogen) atoms. The Bertz CT molecular complexity index is 320. The lowest BCUT2D eigenvalue weighted by Crippen LogP contribution is -2.29. The zero-order valence-corrected chi connectivity index (χ0v) is 8.28. The van der Waals surface area contributed by atoms with Crippen molar-refractivity contribution in [3.8, 4) is 0 Å². The summed E-state index contributed by atoms with van der Waals surface area (Å²) in [6.07, 6.45) is 3.78. The summed E-state index contributed by atoms with van der Waals surface area (Å²) in [5, 5.41) is 8.70.